The minimum atomic E-state index is -3.86. The van der Waals surface area contributed by atoms with Crippen LogP contribution in [0.2, 0.25) is 5.02 Å². The number of amides is 1. The Morgan fingerprint density at radius 2 is 1.78 bits per heavy atom. The van der Waals surface area contributed by atoms with Crippen LogP contribution >= 0.6 is 11.6 Å². The molecule has 4 aliphatic rings. The average Bonchev–Trinajstić information content (AvgIpc) is 3.11. The highest BCUT2D eigenvalue weighted by atomic mass is 35.5. The molecule has 6 rings (SSSR count). The number of piperidine rings is 1. The number of sulfone groups is 1. The Morgan fingerprint density at radius 1 is 1.02 bits per heavy atom. The Hall–Kier alpha value is -2.78. The Labute approximate surface area is 278 Å². The van der Waals surface area contributed by atoms with E-state index in [-0.39, 0.29) is 34.5 Å². The van der Waals surface area contributed by atoms with Crippen molar-refractivity contribution in [1.82, 2.24) is 4.90 Å². The lowest BCUT2D eigenvalue weighted by atomic mass is 9.70. The van der Waals surface area contributed by atoms with Gasteiger partial charge in [0.15, 0.2) is 9.84 Å². The first-order valence-corrected chi connectivity index (χ1v) is 18.9. The third-order valence-electron chi connectivity index (χ3n) is 10.2. The van der Waals surface area contributed by atoms with Crippen molar-refractivity contribution < 1.29 is 27.5 Å². The maximum Gasteiger partial charge on any atom is 0.410 e. The Bertz CT molecular complexity index is 1580. The lowest BCUT2D eigenvalue weighted by Crippen LogP contribution is -2.47. The van der Waals surface area contributed by atoms with Crippen molar-refractivity contribution in [2.45, 2.75) is 94.5 Å². The molecule has 10 heteroatoms. The van der Waals surface area contributed by atoms with E-state index in [0.717, 1.165) is 43.1 Å². The normalized spacial score (nSPS) is 22.3. The van der Waals surface area contributed by atoms with Gasteiger partial charge in [-0.2, -0.15) is 0 Å². The van der Waals surface area contributed by atoms with E-state index in [4.69, 9.17) is 21.1 Å². The number of Topliss-reactive ketones (excluding diaryl/α,β-unsaturated/α-hetero) is 1. The number of fused-ring (bicyclic) bond motifs is 3. The molecule has 1 amide bonds. The Balaban J connectivity index is 1.16. The molecule has 1 atom stereocenters. The Morgan fingerprint density at radius 3 is 2.48 bits per heavy atom. The van der Waals surface area contributed by atoms with Crippen LogP contribution in [0.1, 0.15) is 83.3 Å². The number of benzene rings is 2. The van der Waals surface area contributed by atoms with Gasteiger partial charge in [-0.15, -0.1) is 0 Å². The molecule has 1 saturated heterocycles. The SMILES string of the molecule is CC(C)(C)OC(=O)N1CCC(CC(=O)CS(=O)(=O)c2ccc3c(c2)N(CC2CCC2)CC2(CCCc4cc(Cl)ccc42)CO3)CC1. The minimum Gasteiger partial charge on any atom is -0.490 e. The van der Waals surface area contributed by atoms with Crippen LogP contribution in [-0.4, -0.2) is 69.3 Å². The van der Waals surface area contributed by atoms with Crippen molar-refractivity contribution in [1.29, 1.82) is 0 Å². The molecule has 0 radical (unpaired) electrons. The van der Waals surface area contributed by atoms with Gasteiger partial charge in [0.2, 0.25) is 0 Å². The van der Waals surface area contributed by atoms with Crippen LogP contribution in [0.5, 0.6) is 5.75 Å². The molecule has 1 saturated carbocycles. The number of hydrogen-bond donors (Lipinski definition) is 0. The number of hydrogen-bond acceptors (Lipinski definition) is 7. The number of ether oxygens (including phenoxy) is 2. The molecule has 2 aromatic rings. The van der Waals surface area contributed by atoms with E-state index < -0.39 is 21.2 Å². The van der Waals surface area contributed by atoms with E-state index in [1.807, 2.05) is 26.8 Å². The van der Waals surface area contributed by atoms with Gasteiger partial charge in [-0.1, -0.05) is 24.1 Å². The monoisotopic (exact) mass is 670 g/mol. The highest BCUT2D eigenvalue weighted by Gasteiger charge is 2.42. The fraction of sp³-hybridized carbons (Fsp3) is 0.611. The van der Waals surface area contributed by atoms with Gasteiger partial charge in [-0.05, 0) is 119 Å². The summed E-state index contributed by atoms with van der Waals surface area (Å²) in [7, 11) is -3.86. The summed E-state index contributed by atoms with van der Waals surface area (Å²) in [4.78, 5) is 29.7. The summed E-state index contributed by atoms with van der Waals surface area (Å²) in [5.41, 5.74) is 2.58. The van der Waals surface area contributed by atoms with Crippen LogP contribution in [0, 0.1) is 11.8 Å². The summed E-state index contributed by atoms with van der Waals surface area (Å²) in [6, 6.07) is 11.3. The average molecular weight is 671 g/mol. The molecular weight excluding hydrogens is 624 g/mol. The smallest absolute Gasteiger partial charge is 0.410 e. The first-order chi connectivity index (χ1) is 21.8. The number of carbonyl (C=O) groups excluding carboxylic acids is 2. The van der Waals surface area contributed by atoms with Crippen molar-refractivity contribution in [3.05, 3.63) is 52.5 Å². The molecule has 0 aromatic heterocycles. The summed E-state index contributed by atoms with van der Waals surface area (Å²) >= 11 is 6.38. The first kappa shape index (κ1) is 33.1. The predicted octanol–water partition coefficient (Wildman–Crippen LogP) is 6.99. The summed E-state index contributed by atoms with van der Waals surface area (Å²) in [6.45, 7) is 8.63. The third kappa shape index (κ3) is 7.35. The highest BCUT2D eigenvalue weighted by Crippen LogP contribution is 2.46. The van der Waals surface area contributed by atoms with Crippen LogP contribution in [0.3, 0.4) is 0 Å². The van der Waals surface area contributed by atoms with Crippen molar-refractivity contribution >= 4 is 39.0 Å². The van der Waals surface area contributed by atoms with Gasteiger partial charge in [0, 0.05) is 43.0 Å². The van der Waals surface area contributed by atoms with E-state index in [0.29, 0.717) is 44.2 Å². The minimum absolute atomic E-state index is 0.0456. The summed E-state index contributed by atoms with van der Waals surface area (Å²) < 4.78 is 39.3. The van der Waals surface area contributed by atoms with Gasteiger partial charge in [0.25, 0.3) is 0 Å². The van der Waals surface area contributed by atoms with Crippen LogP contribution < -0.4 is 9.64 Å². The van der Waals surface area contributed by atoms with Gasteiger partial charge in [0.1, 0.15) is 22.9 Å². The third-order valence-corrected chi connectivity index (χ3v) is 12.1. The highest BCUT2D eigenvalue weighted by molar-refractivity contribution is 7.92. The maximum absolute atomic E-state index is 13.7. The lowest BCUT2D eigenvalue weighted by Gasteiger charge is -2.42. The molecule has 8 nitrogen and oxygen atoms in total. The Kier molecular flexibility index (Phi) is 9.38. The lowest BCUT2D eigenvalue weighted by molar-refractivity contribution is -0.117. The predicted molar refractivity (Wildman–Crippen MR) is 180 cm³/mol. The molecule has 1 spiro atoms. The number of ketones is 1. The molecule has 1 unspecified atom stereocenters. The number of carbonyl (C=O) groups is 2. The van der Waals surface area contributed by atoms with E-state index in [2.05, 4.69) is 17.0 Å². The van der Waals surface area contributed by atoms with Crippen LogP contribution in [0.15, 0.2) is 41.3 Å². The van der Waals surface area contributed by atoms with Crippen molar-refractivity contribution in [2.75, 3.05) is 43.4 Å². The van der Waals surface area contributed by atoms with Crippen molar-refractivity contribution in [2.24, 2.45) is 11.8 Å². The van der Waals surface area contributed by atoms with Crippen LogP contribution in [-0.2, 0) is 31.2 Å². The molecule has 2 aliphatic carbocycles. The second-order valence-electron chi connectivity index (χ2n) is 14.9. The molecule has 2 aliphatic heterocycles. The largest absolute Gasteiger partial charge is 0.490 e. The maximum atomic E-state index is 13.7. The summed E-state index contributed by atoms with van der Waals surface area (Å²) in [5, 5.41) is 0.746. The molecule has 2 aromatic carbocycles. The number of rotatable bonds is 7. The van der Waals surface area contributed by atoms with E-state index in [1.165, 1.54) is 30.4 Å². The van der Waals surface area contributed by atoms with Gasteiger partial charge in [-0.3, -0.25) is 4.79 Å². The van der Waals surface area contributed by atoms with Gasteiger partial charge >= 0.3 is 6.09 Å². The standard InChI is InChI=1S/C36H47ClN2O6S/c1-35(2,3)45-34(41)38-16-13-25(14-17-38)18-29(40)22-46(42,43)30-10-12-33-32(20-30)39(21-26-6-4-7-26)23-36(24-44-33)15-5-8-27-19-28(37)9-11-31(27)36/h9-12,19-20,25-26H,4-8,13-18,21-24H2,1-3H3. The van der Waals surface area contributed by atoms with E-state index >= 15 is 0 Å². The second kappa shape index (κ2) is 13.0. The molecule has 250 valence electrons. The molecule has 2 fully saturated rings. The molecule has 46 heavy (non-hydrogen) atoms. The molecular formula is C36H47ClN2O6S. The zero-order chi connectivity index (χ0) is 32.7. The number of anilines is 1. The summed E-state index contributed by atoms with van der Waals surface area (Å²) in [5.74, 6) is 0.493. The molecule has 2 heterocycles. The fourth-order valence-electron chi connectivity index (χ4n) is 7.60. The number of nitrogens with zero attached hydrogens (tertiary/aromatic N) is 2. The fourth-order valence-corrected chi connectivity index (χ4v) is 9.07. The van der Waals surface area contributed by atoms with Crippen LogP contribution in [0.25, 0.3) is 0 Å². The van der Waals surface area contributed by atoms with Gasteiger partial charge in [0.05, 0.1) is 17.2 Å². The zero-order valence-electron chi connectivity index (χ0n) is 27.4. The number of aryl methyl sites for hydroxylation is 1. The van der Waals surface area contributed by atoms with Gasteiger partial charge < -0.3 is 19.3 Å². The van der Waals surface area contributed by atoms with E-state index in [9.17, 15) is 18.0 Å². The number of likely N-dealkylation sites (tertiary alicyclic amines) is 1. The molecule has 0 N–H and O–H groups in total. The second-order valence-corrected chi connectivity index (χ2v) is 17.4. The van der Waals surface area contributed by atoms with Crippen molar-refractivity contribution in [3.8, 4) is 5.75 Å². The van der Waals surface area contributed by atoms with E-state index in [1.54, 1.807) is 23.1 Å². The number of halogens is 1. The zero-order valence-corrected chi connectivity index (χ0v) is 28.9. The van der Waals surface area contributed by atoms with Gasteiger partial charge in [-0.25, -0.2) is 13.2 Å². The molecule has 0 bridgehead atoms. The van der Waals surface area contributed by atoms with Crippen molar-refractivity contribution in [3.63, 3.8) is 0 Å². The topological polar surface area (TPSA) is 93.2 Å². The first-order valence-electron chi connectivity index (χ1n) is 16.8. The summed E-state index contributed by atoms with van der Waals surface area (Å²) in [6.07, 6.45) is 7.75. The quantitative estimate of drug-likeness (QED) is 0.313. The van der Waals surface area contributed by atoms with Crippen LogP contribution in [0.4, 0.5) is 10.5 Å².